The number of esters is 1. The van der Waals surface area contributed by atoms with Crippen LogP contribution in [0.1, 0.15) is 59.9 Å². The van der Waals surface area contributed by atoms with Crippen LogP contribution in [0.2, 0.25) is 0 Å². The number of nitrogens with zero attached hydrogens (tertiary/aromatic N) is 2. The summed E-state index contributed by atoms with van der Waals surface area (Å²) in [5.41, 5.74) is 4.87. The van der Waals surface area contributed by atoms with E-state index in [1.54, 1.807) is 24.9 Å². The van der Waals surface area contributed by atoms with Crippen LogP contribution in [0, 0.1) is 0 Å². The molecule has 7 nitrogen and oxygen atoms in total. The van der Waals surface area contributed by atoms with Gasteiger partial charge in [-0.3, -0.25) is 9.78 Å². The maximum absolute atomic E-state index is 14.1. The van der Waals surface area contributed by atoms with E-state index in [2.05, 4.69) is 44.5 Å². The minimum Gasteiger partial charge on any atom is -0.461 e. The number of amides is 1. The molecule has 0 unspecified atom stereocenters. The van der Waals surface area contributed by atoms with Crippen molar-refractivity contribution in [2.75, 3.05) is 12.4 Å². The molecule has 1 amide bonds. The fourth-order valence-corrected chi connectivity index (χ4v) is 6.16. The van der Waals surface area contributed by atoms with E-state index in [9.17, 15) is 9.59 Å². The number of benzene rings is 2. The number of hydrogen-bond acceptors (Lipinski definition) is 6. The number of thioether (sulfide) groups is 1. The van der Waals surface area contributed by atoms with Crippen molar-refractivity contribution in [3.63, 3.8) is 0 Å². The number of fused-ring (bicyclic) bond motifs is 3. The summed E-state index contributed by atoms with van der Waals surface area (Å²) in [4.78, 5) is 37.6. The molecule has 0 fully saturated rings. The molecule has 0 saturated heterocycles. The van der Waals surface area contributed by atoms with Gasteiger partial charge in [-0.15, -0.1) is 0 Å². The predicted molar refractivity (Wildman–Crippen MR) is 152 cm³/mol. The van der Waals surface area contributed by atoms with E-state index in [0.717, 1.165) is 53.0 Å². The third kappa shape index (κ3) is 5.61. The first-order valence-corrected chi connectivity index (χ1v) is 14.3. The predicted octanol–water partition coefficient (Wildman–Crippen LogP) is 5.92. The summed E-state index contributed by atoms with van der Waals surface area (Å²) in [5.74, 6) is 0.490. The molecular weight excluding hydrogens is 508 g/mol. The number of H-pyrrole nitrogens is 1. The molecule has 2 aromatic heterocycles. The molecule has 5 rings (SSSR count). The number of ether oxygens (including phenoxy) is 1. The Bertz CT molecular complexity index is 1390. The molecule has 0 saturated carbocycles. The van der Waals surface area contributed by atoms with Crippen molar-refractivity contribution >= 4 is 23.6 Å². The van der Waals surface area contributed by atoms with Gasteiger partial charge in [-0.2, -0.15) is 0 Å². The molecule has 0 atom stereocenters. The Kier molecular flexibility index (Phi) is 8.42. The summed E-state index contributed by atoms with van der Waals surface area (Å²) in [5, 5.41) is 3.91. The van der Waals surface area contributed by atoms with Crippen LogP contribution in [0.3, 0.4) is 0 Å². The Hall–Kier alpha value is -3.91. The molecular formula is C31H32N4O3S. The quantitative estimate of drug-likeness (QED) is 0.132. The Labute approximate surface area is 232 Å². The maximum Gasteiger partial charge on any atom is 0.356 e. The van der Waals surface area contributed by atoms with Gasteiger partial charge in [-0.05, 0) is 54.2 Å². The van der Waals surface area contributed by atoms with Crippen LogP contribution in [-0.4, -0.2) is 39.2 Å². The van der Waals surface area contributed by atoms with Crippen molar-refractivity contribution in [2.45, 2.75) is 49.7 Å². The molecule has 1 aliphatic carbocycles. The summed E-state index contributed by atoms with van der Waals surface area (Å²) in [6.45, 7) is 2.50. The van der Waals surface area contributed by atoms with Gasteiger partial charge in [0.05, 0.1) is 25.0 Å². The molecule has 4 aromatic rings. The highest BCUT2D eigenvalue weighted by Gasteiger charge is 2.48. The van der Waals surface area contributed by atoms with Crippen LogP contribution >= 0.6 is 11.8 Å². The zero-order valence-corrected chi connectivity index (χ0v) is 22.8. The standard InChI is InChI=1S/C31H32N4O3S/c1-2-38-28(36)27-21-34-30(35-27)39-19-11-3-9-17-31(29(37)33-20-22-12-8-10-18-32-22)25-15-6-4-13-23(25)24-14-5-7-16-26(24)31/h4-8,10,12-16,18,21H,2-3,9,11,17,19-20H2,1H3,(H,33,37)(H,34,35). The summed E-state index contributed by atoms with van der Waals surface area (Å²) >= 11 is 1.59. The fraction of sp³-hybridized carbons (Fsp3) is 0.290. The van der Waals surface area contributed by atoms with Gasteiger partial charge >= 0.3 is 5.97 Å². The van der Waals surface area contributed by atoms with Crippen molar-refractivity contribution in [1.82, 2.24) is 20.3 Å². The van der Waals surface area contributed by atoms with Gasteiger partial charge in [-0.25, -0.2) is 9.78 Å². The van der Waals surface area contributed by atoms with Gasteiger partial charge in [0.25, 0.3) is 0 Å². The molecule has 0 radical (unpaired) electrons. The second kappa shape index (κ2) is 12.3. The second-order valence-corrected chi connectivity index (χ2v) is 10.6. The van der Waals surface area contributed by atoms with E-state index < -0.39 is 5.41 Å². The topological polar surface area (TPSA) is 97.0 Å². The Balaban J connectivity index is 1.27. The van der Waals surface area contributed by atoms with Gasteiger partial charge in [0.2, 0.25) is 5.91 Å². The summed E-state index contributed by atoms with van der Waals surface area (Å²) in [7, 11) is 0. The van der Waals surface area contributed by atoms with E-state index in [1.165, 1.54) is 6.20 Å². The maximum atomic E-state index is 14.1. The molecule has 8 heteroatoms. The van der Waals surface area contributed by atoms with Gasteiger partial charge in [-0.1, -0.05) is 79.2 Å². The van der Waals surface area contributed by atoms with Gasteiger partial charge in [0.1, 0.15) is 11.1 Å². The first-order chi connectivity index (χ1) is 19.1. The van der Waals surface area contributed by atoms with E-state index in [0.29, 0.717) is 30.4 Å². The Morgan fingerprint density at radius 2 is 1.64 bits per heavy atom. The molecule has 0 spiro atoms. The highest BCUT2D eigenvalue weighted by molar-refractivity contribution is 7.99. The number of aromatic nitrogens is 3. The van der Waals surface area contributed by atoms with E-state index >= 15 is 0 Å². The summed E-state index contributed by atoms with van der Waals surface area (Å²) < 4.78 is 5.01. The first-order valence-electron chi connectivity index (χ1n) is 13.4. The fourth-order valence-electron chi connectivity index (χ4n) is 5.30. The zero-order valence-electron chi connectivity index (χ0n) is 22.0. The minimum absolute atomic E-state index is 0.0157. The highest BCUT2D eigenvalue weighted by Crippen LogP contribution is 2.51. The van der Waals surface area contributed by atoms with Crippen molar-refractivity contribution in [2.24, 2.45) is 0 Å². The number of imidazole rings is 1. The average molecular weight is 541 g/mol. The summed E-state index contributed by atoms with van der Waals surface area (Å²) in [6, 6.07) is 22.3. The SMILES string of the molecule is CCOC(=O)c1cnc(SCCCCCC2(C(=O)NCc3ccccn3)c3ccccc3-c3ccccc32)[nH]1. The highest BCUT2D eigenvalue weighted by atomic mass is 32.2. The van der Waals surface area contributed by atoms with Crippen molar-refractivity contribution in [3.05, 3.63) is 102 Å². The lowest BCUT2D eigenvalue weighted by molar-refractivity contribution is -0.125. The number of carbonyl (C=O) groups excluding carboxylic acids is 2. The Morgan fingerprint density at radius 3 is 2.33 bits per heavy atom. The van der Waals surface area contributed by atoms with Crippen LogP contribution in [0.4, 0.5) is 0 Å². The monoisotopic (exact) mass is 540 g/mol. The smallest absolute Gasteiger partial charge is 0.356 e. The van der Waals surface area contributed by atoms with E-state index in [4.69, 9.17) is 4.74 Å². The lowest BCUT2D eigenvalue weighted by atomic mass is 9.73. The van der Waals surface area contributed by atoms with Crippen LogP contribution in [0.5, 0.6) is 0 Å². The van der Waals surface area contributed by atoms with Gasteiger partial charge in [0.15, 0.2) is 5.16 Å². The lowest BCUT2D eigenvalue weighted by Crippen LogP contribution is -2.44. The van der Waals surface area contributed by atoms with Crippen molar-refractivity contribution < 1.29 is 14.3 Å². The van der Waals surface area contributed by atoms with Crippen molar-refractivity contribution in [3.8, 4) is 11.1 Å². The average Bonchev–Trinajstić information content (AvgIpc) is 3.56. The number of unbranched alkanes of at least 4 members (excludes halogenated alkanes) is 2. The molecule has 2 heterocycles. The number of aromatic amines is 1. The molecule has 2 N–H and O–H groups in total. The third-order valence-electron chi connectivity index (χ3n) is 7.09. The normalized spacial score (nSPS) is 12.9. The second-order valence-electron chi connectivity index (χ2n) is 9.48. The number of carbonyl (C=O) groups is 2. The van der Waals surface area contributed by atoms with Gasteiger partial charge in [0, 0.05) is 11.9 Å². The summed E-state index contributed by atoms with van der Waals surface area (Å²) in [6.07, 6.45) is 6.81. The largest absolute Gasteiger partial charge is 0.461 e. The zero-order chi connectivity index (χ0) is 27.1. The molecule has 39 heavy (non-hydrogen) atoms. The van der Waals surface area contributed by atoms with Crippen LogP contribution in [0.25, 0.3) is 11.1 Å². The number of hydrogen-bond donors (Lipinski definition) is 2. The molecule has 200 valence electrons. The van der Waals surface area contributed by atoms with Crippen LogP contribution in [-0.2, 0) is 21.5 Å². The Morgan fingerprint density at radius 1 is 0.923 bits per heavy atom. The van der Waals surface area contributed by atoms with Gasteiger partial charge < -0.3 is 15.0 Å². The van der Waals surface area contributed by atoms with E-state index in [-0.39, 0.29) is 11.9 Å². The number of nitrogens with one attached hydrogen (secondary N) is 2. The molecule has 2 aromatic carbocycles. The number of rotatable bonds is 12. The van der Waals surface area contributed by atoms with Crippen molar-refractivity contribution in [1.29, 1.82) is 0 Å². The molecule has 0 bridgehead atoms. The molecule has 1 aliphatic rings. The lowest BCUT2D eigenvalue weighted by Gasteiger charge is -2.31. The first kappa shape index (κ1) is 26.7. The van der Waals surface area contributed by atoms with E-state index in [1.807, 2.05) is 42.5 Å². The van der Waals surface area contributed by atoms with Crippen LogP contribution < -0.4 is 5.32 Å². The van der Waals surface area contributed by atoms with Crippen LogP contribution in [0.15, 0.2) is 84.3 Å². The minimum atomic E-state index is -0.745. The molecule has 0 aliphatic heterocycles. The third-order valence-corrected chi connectivity index (χ3v) is 8.06. The number of pyridine rings is 1.